The highest BCUT2D eigenvalue weighted by Gasteiger charge is 2.22. The fourth-order valence-corrected chi connectivity index (χ4v) is 5.43. The normalized spacial score (nSPS) is 16.8. The Bertz CT molecular complexity index is 1320. The van der Waals surface area contributed by atoms with Gasteiger partial charge in [0.15, 0.2) is 17.5 Å². The topological polar surface area (TPSA) is 83.0 Å². The molecule has 0 N–H and O–H groups in total. The second-order valence-corrected chi connectivity index (χ2v) is 9.86. The first-order valence-electron chi connectivity index (χ1n) is 11.4. The number of hydrogen-bond acceptors (Lipinski definition) is 7. The molecular formula is C24H29N7OS. The number of methoxy groups -OCH3 is 1. The van der Waals surface area contributed by atoms with Gasteiger partial charge in [0.2, 0.25) is 0 Å². The Kier molecular flexibility index (Phi) is 5.84. The van der Waals surface area contributed by atoms with Gasteiger partial charge in [0.05, 0.1) is 16.4 Å². The third-order valence-corrected chi connectivity index (χ3v) is 7.48. The largest absolute Gasteiger partial charge is 0.381 e. The molecule has 0 spiro atoms. The molecule has 0 saturated heterocycles. The first-order chi connectivity index (χ1) is 15.9. The van der Waals surface area contributed by atoms with Crippen LogP contribution in [0.25, 0.3) is 32.4 Å². The predicted molar refractivity (Wildman–Crippen MR) is 132 cm³/mol. The van der Waals surface area contributed by atoms with Crippen LogP contribution >= 0.6 is 11.3 Å². The van der Waals surface area contributed by atoms with Crippen molar-refractivity contribution in [2.75, 3.05) is 7.11 Å². The molecule has 0 aromatic carbocycles. The Morgan fingerprint density at radius 3 is 2.61 bits per heavy atom. The first-order valence-corrected chi connectivity index (χ1v) is 12.2. The molecule has 9 heteroatoms. The van der Waals surface area contributed by atoms with E-state index >= 15 is 0 Å². The Balaban J connectivity index is 1.66. The molecule has 0 radical (unpaired) electrons. The molecule has 1 saturated carbocycles. The second-order valence-electron chi connectivity index (χ2n) is 8.86. The number of ether oxygens (including phenoxy) is 1. The zero-order valence-corrected chi connectivity index (χ0v) is 20.6. The van der Waals surface area contributed by atoms with Gasteiger partial charge in [-0.15, -0.1) is 11.3 Å². The molecule has 0 amide bonds. The maximum atomic E-state index is 5.53. The molecule has 4 aromatic heterocycles. The van der Waals surface area contributed by atoms with Crippen molar-refractivity contribution in [1.29, 1.82) is 0 Å². The number of nitrogens with zero attached hydrogens (tertiary/aromatic N) is 7. The van der Waals surface area contributed by atoms with E-state index in [0.717, 1.165) is 63.7 Å². The van der Waals surface area contributed by atoms with Crippen molar-refractivity contribution in [3.05, 3.63) is 30.2 Å². The van der Waals surface area contributed by atoms with Gasteiger partial charge in [-0.25, -0.2) is 19.9 Å². The summed E-state index contributed by atoms with van der Waals surface area (Å²) in [6.07, 6.45) is 9.88. The molecule has 0 bridgehead atoms. The number of rotatable bonds is 5. The Hall–Kier alpha value is -2.91. The number of aryl methyl sites for hydroxylation is 2. The average molecular weight is 464 g/mol. The van der Waals surface area contributed by atoms with Crippen LogP contribution in [0.2, 0.25) is 0 Å². The smallest absolute Gasteiger partial charge is 0.199 e. The maximum absolute atomic E-state index is 5.53. The SMILES string of the molecule is COC1CCC(=Nc2nc(-c3nccn3C)nc3sc(-c4ccn(C(C)C)n4)c(C)c23)CC1. The summed E-state index contributed by atoms with van der Waals surface area (Å²) < 4.78 is 9.46. The van der Waals surface area contributed by atoms with E-state index < -0.39 is 0 Å². The molecule has 4 aromatic rings. The van der Waals surface area contributed by atoms with E-state index in [9.17, 15) is 0 Å². The van der Waals surface area contributed by atoms with Crippen molar-refractivity contribution < 1.29 is 4.74 Å². The number of fused-ring (bicyclic) bond motifs is 1. The van der Waals surface area contributed by atoms with E-state index in [2.05, 4.69) is 31.8 Å². The summed E-state index contributed by atoms with van der Waals surface area (Å²) in [6.45, 7) is 6.38. The molecule has 0 aliphatic heterocycles. The van der Waals surface area contributed by atoms with Gasteiger partial charge >= 0.3 is 0 Å². The van der Waals surface area contributed by atoms with Crippen molar-refractivity contribution in [3.8, 4) is 22.2 Å². The Labute approximate surface area is 197 Å². The van der Waals surface area contributed by atoms with Gasteiger partial charge in [-0.05, 0) is 58.1 Å². The van der Waals surface area contributed by atoms with Gasteiger partial charge in [0.25, 0.3) is 0 Å². The van der Waals surface area contributed by atoms with Crippen LogP contribution in [0.4, 0.5) is 5.82 Å². The monoisotopic (exact) mass is 463 g/mol. The summed E-state index contributed by atoms with van der Waals surface area (Å²) in [6, 6.07) is 2.38. The highest BCUT2D eigenvalue weighted by molar-refractivity contribution is 7.22. The summed E-state index contributed by atoms with van der Waals surface area (Å²) >= 11 is 1.65. The first kappa shape index (κ1) is 21.9. The lowest BCUT2D eigenvalue weighted by Gasteiger charge is -2.21. The van der Waals surface area contributed by atoms with Crippen LogP contribution < -0.4 is 0 Å². The Morgan fingerprint density at radius 2 is 1.97 bits per heavy atom. The minimum atomic E-state index is 0.312. The van der Waals surface area contributed by atoms with E-state index in [1.54, 1.807) is 24.6 Å². The van der Waals surface area contributed by atoms with Crippen LogP contribution in [0.3, 0.4) is 0 Å². The predicted octanol–water partition coefficient (Wildman–Crippen LogP) is 5.51. The summed E-state index contributed by atoms with van der Waals surface area (Å²) in [5.41, 5.74) is 3.26. The highest BCUT2D eigenvalue weighted by atomic mass is 32.1. The van der Waals surface area contributed by atoms with Crippen LogP contribution in [0, 0.1) is 6.92 Å². The molecule has 1 aliphatic rings. The van der Waals surface area contributed by atoms with Crippen molar-refractivity contribution >= 4 is 33.1 Å². The maximum Gasteiger partial charge on any atom is 0.199 e. The molecule has 1 fully saturated rings. The lowest BCUT2D eigenvalue weighted by Crippen LogP contribution is -2.20. The molecular weight excluding hydrogens is 434 g/mol. The molecule has 8 nitrogen and oxygen atoms in total. The number of thiophene rings is 1. The summed E-state index contributed by atoms with van der Waals surface area (Å²) in [7, 11) is 3.74. The number of aliphatic imine (C=N–C) groups is 1. The van der Waals surface area contributed by atoms with Crippen LogP contribution in [-0.4, -0.2) is 48.2 Å². The zero-order chi connectivity index (χ0) is 23.1. The third-order valence-electron chi connectivity index (χ3n) is 6.27. The number of aromatic nitrogens is 6. The van der Waals surface area contributed by atoms with Crippen LogP contribution in [0.1, 0.15) is 51.1 Å². The zero-order valence-electron chi connectivity index (χ0n) is 19.7. The fraction of sp³-hybridized carbons (Fsp3) is 0.458. The molecule has 1 aliphatic carbocycles. The van der Waals surface area contributed by atoms with E-state index in [1.165, 1.54) is 5.71 Å². The van der Waals surface area contributed by atoms with Gasteiger partial charge in [-0.3, -0.25) is 4.68 Å². The number of hydrogen-bond donors (Lipinski definition) is 0. The van der Waals surface area contributed by atoms with Gasteiger partial charge in [0.1, 0.15) is 10.5 Å². The highest BCUT2D eigenvalue weighted by Crippen LogP contribution is 2.41. The molecule has 0 atom stereocenters. The lowest BCUT2D eigenvalue weighted by molar-refractivity contribution is 0.0863. The Morgan fingerprint density at radius 1 is 1.18 bits per heavy atom. The summed E-state index contributed by atoms with van der Waals surface area (Å²) in [5, 5.41) is 5.81. The van der Waals surface area contributed by atoms with E-state index in [-0.39, 0.29) is 0 Å². The minimum absolute atomic E-state index is 0.312. The molecule has 5 rings (SSSR count). The van der Waals surface area contributed by atoms with Gasteiger partial charge in [0, 0.05) is 44.5 Å². The molecule has 4 heterocycles. The lowest BCUT2D eigenvalue weighted by atomic mass is 9.95. The molecule has 172 valence electrons. The second kappa shape index (κ2) is 8.79. The summed E-state index contributed by atoms with van der Waals surface area (Å²) in [4.78, 5) is 21.4. The third kappa shape index (κ3) is 4.11. The van der Waals surface area contributed by atoms with Gasteiger partial charge < -0.3 is 9.30 Å². The summed E-state index contributed by atoms with van der Waals surface area (Å²) in [5.74, 6) is 2.06. The molecule has 33 heavy (non-hydrogen) atoms. The minimum Gasteiger partial charge on any atom is -0.381 e. The van der Waals surface area contributed by atoms with Crippen molar-refractivity contribution in [1.82, 2.24) is 29.3 Å². The van der Waals surface area contributed by atoms with Crippen LogP contribution in [-0.2, 0) is 11.8 Å². The van der Waals surface area contributed by atoms with E-state index in [0.29, 0.717) is 18.0 Å². The van der Waals surface area contributed by atoms with Gasteiger partial charge in [-0.2, -0.15) is 5.10 Å². The van der Waals surface area contributed by atoms with E-state index in [1.807, 2.05) is 28.7 Å². The van der Waals surface area contributed by atoms with Crippen LogP contribution in [0.5, 0.6) is 0 Å². The van der Waals surface area contributed by atoms with Crippen molar-refractivity contribution in [3.63, 3.8) is 0 Å². The fourth-order valence-electron chi connectivity index (χ4n) is 4.29. The van der Waals surface area contributed by atoms with Gasteiger partial charge in [-0.1, -0.05) is 0 Å². The van der Waals surface area contributed by atoms with Crippen molar-refractivity contribution in [2.24, 2.45) is 12.0 Å². The molecule has 0 unspecified atom stereocenters. The standard InChI is InChI=1S/C24H29N7OS/c1-14(2)31-12-10-18(29-31)20-15(3)19-21(26-16-6-8-17(32-5)9-7-16)27-22(28-24(19)33-20)23-25-11-13-30(23)4/h10-14,17H,6-9H2,1-5H3. The number of imidazole rings is 1. The quantitative estimate of drug-likeness (QED) is 0.390. The van der Waals surface area contributed by atoms with E-state index in [4.69, 9.17) is 24.8 Å². The van der Waals surface area contributed by atoms with Crippen molar-refractivity contribution in [2.45, 2.75) is 58.6 Å². The average Bonchev–Trinajstić information content (AvgIpc) is 3.53. The van der Waals surface area contributed by atoms with Crippen LogP contribution in [0.15, 0.2) is 29.6 Å².